The Hall–Kier alpha value is -1.75. The van der Waals surface area contributed by atoms with Crippen molar-refractivity contribution in [3.8, 4) is 6.07 Å². The van der Waals surface area contributed by atoms with E-state index >= 15 is 0 Å². The van der Waals surface area contributed by atoms with Crippen LogP contribution in [0.4, 0.5) is 0 Å². The second-order valence-corrected chi connectivity index (χ2v) is 2.96. The molecule has 0 bridgehead atoms. The van der Waals surface area contributed by atoms with E-state index in [9.17, 15) is 0 Å². The van der Waals surface area contributed by atoms with Crippen LogP contribution in [0, 0.1) is 11.3 Å². The maximum atomic E-state index is 8.88. The highest BCUT2D eigenvalue weighted by molar-refractivity contribution is 5.86. The third kappa shape index (κ3) is 1.09. The lowest BCUT2D eigenvalue weighted by Crippen LogP contribution is -1.89. The van der Waals surface area contributed by atoms with Crippen molar-refractivity contribution in [1.29, 1.82) is 5.26 Å². The van der Waals surface area contributed by atoms with E-state index in [1.807, 2.05) is 30.5 Å². The van der Waals surface area contributed by atoms with Gasteiger partial charge in [-0.05, 0) is 13.0 Å². The maximum Gasteiger partial charge on any atom is 0.101 e. The van der Waals surface area contributed by atoms with E-state index in [1.54, 1.807) is 0 Å². The van der Waals surface area contributed by atoms with Gasteiger partial charge in [0.05, 0.1) is 5.56 Å². The molecule has 0 saturated carbocycles. The van der Waals surface area contributed by atoms with Gasteiger partial charge in [0.15, 0.2) is 0 Å². The van der Waals surface area contributed by atoms with Gasteiger partial charge >= 0.3 is 0 Å². The van der Waals surface area contributed by atoms with Crippen molar-refractivity contribution >= 4 is 10.9 Å². The summed E-state index contributed by atoms with van der Waals surface area (Å²) < 4.78 is 2.09. The van der Waals surface area contributed by atoms with Gasteiger partial charge in [0.25, 0.3) is 0 Å². The highest BCUT2D eigenvalue weighted by Crippen LogP contribution is 2.19. The van der Waals surface area contributed by atoms with Gasteiger partial charge in [-0.3, -0.25) is 0 Å². The number of para-hydroxylation sites is 1. The summed E-state index contributed by atoms with van der Waals surface area (Å²) in [6.07, 6.45) is 1.91. The van der Waals surface area contributed by atoms with E-state index in [4.69, 9.17) is 5.26 Å². The van der Waals surface area contributed by atoms with Crippen LogP contribution in [0.25, 0.3) is 10.9 Å². The molecular formula is C11H10N2. The van der Waals surface area contributed by atoms with Crippen LogP contribution in [-0.2, 0) is 6.54 Å². The molecule has 0 unspecified atom stereocenters. The fourth-order valence-electron chi connectivity index (χ4n) is 1.60. The van der Waals surface area contributed by atoms with Gasteiger partial charge < -0.3 is 4.57 Å². The summed E-state index contributed by atoms with van der Waals surface area (Å²) in [7, 11) is 0. The summed E-state index contributed by atoms with van der Waals surface area (Å²) >= 11 is 0. The molecule has 2 heteroatoms. The quantitative estimate of drug-likeness (QED) is 0.646. The average molecular weight is 170 g/mol. The molecule has 0 aliphatic heterocycles. The molecule has 0 aliphatic rings. The molecule has 13 heavy (non-hydrogen) atoms. The Balaban J connectivity index is 2.84. The van der Waals surface area contributed by atoms with E-state index in [0.29, 0.717) is 0 Å². The molecule has 0 N–H and O–H groups in total. The molecule has 0 atom stereocenters. The molecule has 2 aromatic rings. The van der Waals surface area contributed by atoms with Crippen molar-refractivity contribution in [2.24, 2.45) is 0 Å². The van der Waals surface area contributed by atoms with Crippen LogP contribution in [0.2, 0.25) is 0 Å². The third-order valence-electron chi connectivity index (χ3n) is 2.25. The number of rotatable bonds is 1. The highest BCUT2D eigenvalue weighted by Gasteiger charge is 2.04. The summed E-state index contributed by atoms with van der Waals surface area (Å²) in [6.45, 7) is 2.98. The number of benzene rings is 1. The zero-order valence-electron chi connectivity index (χ0n) is 7.49. The average Bonchev–Trinajstić information content (AvgIpc) is 2.56. The van der Waals surface area contributed by atoms with Crippen molar-refractivity contribution in [3.63, 3.8) is 0 Å². The van der Waals surface area contributed by atoms with Gasteiger partial charge in [-0.2, -0.15) is 5.26 Å². The van der Waals surface area contributed by atoms with Crippen LogP contribution in [0.3, 0.4) is 0 Å². The minimum Gasteiger partial charge on any atom is -0.346 e. The van der Waals surface area contributed by atoms with E-state index in [-0.39, 0.29) is 0 Å². The Morgan fingerprint density at radius 2 is 2.15 bits per heavy atom. The highest BCUT2D eigenvalue weighted by atomic mass is 14.9. The van der Waals surface area contributed by atoms with Gasteiger partial charge in [0, 0.05) is 23.6 Å². The summed E-state index contributed by atoms with van der Waals surface area (Å²) in [5, 5.41) is 9.93. The summed E-state index contributed by atoms with van der Waals surface area (Å²) in [5.41, 5.74) is 1.90. The first-order valence-corrected chi connectivity index (χ1v) is 4.34. The Morgan fingerprint density at radius 1 is 1.38 bits per heavy atom. The van der Waals surface area contributed by atoms with Crippen molar-refractivity contribution in [3.05, 3.63) is 36.0 Å². The van der Waals surface area contributed by atoms with Crippen molar-refractivity contribution < 1.29 is 0 Å². The van der Waals surface area contributed by atoms with Gasteiger partial charge in [-0.1, -0.05) is 18.2 Å². The number of aryl methyl sites for hydroxylation is 1. The summed E-state index contributed by atoms with van der Waals surface area (Å²) in [4.78, 5) is 0. The van der Waals surface area contributed by atoms with Crippen LogP contribution < -0.4 is 0 Å². The Bertz CT molecular complexity index is 474. The lowest BCUT2D eigenvalue weighted by Gasteiger charge is -1.97. The molecule has 1 heterocycles. The number of hydrogen-bond acceptors (Lipinski definition) is 1. The standard InChI is InChI=1S/C11H10N2/c1-2-13-8-9(7-12)10-5-3-4-6-11(10)13/h3-6,8H,2H2,1H3. The molecule has 0 aliphatic carbocycles. The first kappa shape index (κ1) is 7.88. The zero-order valence-corrected chi connectivity index (χ0v) is 7.49. The molecule has 2 nitrogen and oxygen atoms in total. The molecule has 1 aromatic carbocycles. The van der Waals surface area contributed by atoms with Gasteiger partial charge in [-0.15, -0.1) is 0 Å². The normalized spacial score (nSPS) is 10.2. The predicted octanol–water partition coefficient (Wildman–Crippen LogP) is 2.53. The van der Waals surface area contributed by atoms with Crippen LogP contribution >= 0.6 is 0 Å². The van der Waals surface area contributed by atoms with Crippen LogP contribution in [0.1, 0.15) is 12.5 Å². The number of nitrogens with zero attached hydrogens (tertiary/aromatic N) is 2. The van der Waals surface area contributed by atoms with Crippen molar-refractivity contribution in [1.82, 2.24) is 4.57 Å². The SMILES string of the molecule is CCn1cc(C#N)c2ccccc21. The zero-order chi connectivity index (χ0) is 9.26. The number of fused-ring (bicyclic) bond motifs is 1. The molecule has 0 spiro atoms. The van der Waals surface area contributed by atoms with Gasteiger partial charge in [-0.25, -0.2) is 0 Å². The lowest BCUT2D eigenvalue weighted by molar-refractivity contribution is 0.797. The Kier molecular flexibility index (Phi) is 1.79. The van der Waals surface area contributed by atoms with Gasteiger partial charge in [0.2, 0.25) is 0 Å². The Labute approximate surface area is 77.0 Å². The number of aromatic nitrogens is 1. The Morgan fingerprint density at radius 3 is 2.85 bits per heavy atom. The maximum absolute atomic E-state index is 8.88. The first-order chi connectivity index (χ1) is 6.36. The summed E-state index contributed by atoms with van der Waals surface area (Å²) in [6, 6.07) is 10.2. The largest absolute Gasteiger partial charge is 0.346 e. The number of hydrogen-bond donors (Lipinski definition) is 0. The molecule has 0 amide bonds. The van der Waals surface area contributed by atoms with Crippen LogP contribution in [0.5, 0.6) is 0 Å². The van der Waals surface area contributed by atoms with E-state index in [1.165, 1.54) is 0 Å². The molecule has 0 fully saturated rings. The second kappa shape index (κ2) is 2.95. The van der Waals surface area contributed by atoms with E-state index in [0.717, 1.165) is 23.0 Å². The second-order valence-electron chi connectivity index (χ2n) is 2.96. The minimum absolute atomic E-state index is 0.762. The van der Waals surface area contributed by atoms with Crippen LogP contribution in [-0.4, -0.2) is 4.57 Å². The predicted molar refractivity (Wildman–Crippen MR) is 52.3 cm³/mol. The van der Waals surface area contributed by atoms with Crippen molar-refractivity contribution in [2.75, 3.05) is 0 Å². The number of nitriles is 1. The fraction of sp³-hybridized carbons (Fsp3) is 0.182. The lowest BCUT2D eigenvalue weighted by atomic mass is 10.2. The molecule has 64 valence electrons. The third-order valence-corrected chi connectivity index (χ3v) is 2.25. The first-order valence-electron chi connectivity index (χ1n) is 4.34. The fourth-order valence-corrected chi connectivity index (χ4v) is 1.60. The van der Waals surface area contributed by atoms with Crippen LogP contribution in [0.15, 0.2) is 30.5 Å². The molecular weight excluding hydrogens is 160 g/mol. The smallest absolute Gasteiger partial charge is 0.101 e. The van der Waals surface area contributed by atoms with E-state index in [2.05, 4.69) is 17.6 Å². The molecule has 1 aromatic heterocycles. The molecule has 2 rings (SSSR count). The van der Waals surface area contributed by atoms with E-state index < -0.39 is 0 Å². The van der Waals surface area contributed by atoms with Crippen molar-refractivity contribution in [2.45, 2.75) is 13.5 Å². The minimum atomic E-state index is 0.762. The van der Waals surface area contributed by atoms with Gasteiger partial charge in [0.1, 0.15) is 6.07 Å². The monoisotopic (exact) mass is 170 g/mol. The molecule has 0 radical (unpaired) electrons. The molecule has 0 saturated heterocycles. The summed E-state index contributed by atoms with van der Waals surface area (Å²) in [5.74, 6) is 0. The topological polar surface area (TPSA) is 28.7 Å².